The molecule has 0 aromatic carbocycles. The van der Waals surface area contributed by atoms with Gasteiger partial charge in [0.2, 0.25) is 5.91 Å². The molecular formula is C10H19ClN2OS2. The highest BCUT2D eigenvalue weighted by Gasteiger charge is 2.30. The first-order valence-corrected chi connectivity index (χ1v) is 7.73. The van der Waals surface area contributed by atoms with E-state index in [1.807, 2.05) is 28.4 Å². The van der Waals surface area contributed by atoms with Gasteiger partial charge in [-0.25, -0.2) is 0 Å². The van der Waals surface area contributed by atoms with Crippen molar-refractivity contribution in [3.8, 4) is 0 Å². The van der Waals surface area contributed by atoms with Gasteiger partial charge in [-0.3, -0.25) is 10.1 Å². The van der Waals surface area contributed by atoms with E-state index in [2.05, 4.69) is 12.2 Å². The molecule has 0 spiro atoms. The Hall–Kier alpha value is 0.420. The standard InChI is InChI=1S/C10H18N2OS2.ClH/c1-2-8-5-12(3-4-15-8)10(13)9-6-14-7-11-9;/h8-9,11H,2-7H2,1H3;1H/t8?,9-;/m1./s1. The molecule has 2 aliphatic rings. The van der Waals surface area contributed by atoms with Gasteiger partial charge < -0.3 is 4.90 Å². The number of nitrogens with zero attached hydrogens (tertiary/aromatic N) is 1. The maximum absolute atomic E-state index is 12.1. The summed E-state index contributed by atoms with van der Waals surface area (Å²) in [6.45, 7) is 4.08. The molecule has 2 fully saturated rings. The number of nitrogens with one attached hydrogen (secondary N) is 1. The molecule has 1 amide bonds. The molecule has 2 rings (SSSR count). The number of carbonyl (C=O) groups is 1. The zero-order chi connectivity index (χ0) is 10.7. The lowest BCUT2D eigenvalue weighted by Gasteiger charge is -2.33. The van der Waals surface area contributed by atoms with Gasteiger partial charge in [-0.2, -0.15) is 11.8 Å². The van der Waals surface area contributed by atoms with Crippen molar-refractivity contribution < 1.29 is 4.79 Å². The normalized spacial score (nSPS) is 29.9. The fraction of sp³-hybridized carbons (Fsp3) is 0.900. The molecule has 0 aromatic rings. The molecule has 0 radical (unpaired) electrons. The van der Waals surface area contributed by atoms with Crippen molar-refractivity contribution >= 4 is 41.8 Å². The van der Waals surface area contributed by atoms with Crippen LogP contribution in [0.3, 0.4) is 0 Å². The maximum atomic E-state index is 12.1. The van der Waals surface area contributed by atoms with Gasteiger partial charge in [0.15, 0.2) is 0 Å². The van der Waals surface area contributed by atoms with Crippen LogP contribution in [0.5, 0.6) is 0 Å². The average molecular weight is 283 g/mol. The summed E-state index contributed by atoms with van der Waals surface area (Å²) in [5.41, 5.74) is 0. The van der Waals surface area contributed by atoms with Crippen LogP contribution in [-0.2, 0) is 4.79 Å². The molecule has 2 saturated heterocycles. The molecular weight excluding hydrogens is 264 g/mol. The van der Waals surface area contributed by atoms with Crippen molar-refractivity contribution in [2.75, 3.05) is 30.5 Å². The van der Waals surface area contributed by atoms with Crippen LogP contribution in [0, 0.1) is 0 Å². The quantitative estimate of drug-likeness (QED) is 0.830. The molecule has 2 heterocycles. The summed E-state index contributed by atoms with van der Waals surface area (Å²) in [5.74, 6) is 3.29. The molecule has 94 valence electrons. The van der Waals surface area contributed by atoms with Crippen LogP contribution in [0.2, 0.25) is 0 Å². The van der Waals surface area contributed by atoms with Gasteiger partial charge in [-0.15, -0.1) is 24.2 Å². The number of hydrogen-bond donors (Lipinski definition) is 1. The molecule has 0 aromatic heterocycles. The number of hydrogen-bond acceptors (Lipinski definition) is 4. The Kier molecular flexibility index (Phi) is 6.32. The van der Waals surface area contributed by atoms with Gasteiger partial charge >= 0.3 is 0 Å². The Morgan fingerprint density at radius 2 is 2.38 bits per heavy atom. The Morgan fingerprint density at radius 3 is 3.00 bits per heavy atom. The summed E-state index contributed by atoms with van der Waals surface area (Å²) in [7, 11) is 0. The fourth-order valence-electron chi connectivity index (χ4n) is 1.94. The lowest BCUT2D eigenvalue weighted by atomic mass is 10.2. The minimum atomic E-state index is 0. The predicted molar refractivity (Wildman–Crippen MR) is 74.6 cm³/mol. The van der Waals surface area contributed by atoms with E-state index >= 15 is 0 Å². The summed E-state index contributed by atoms with van der Waals surface area (Å²) in [6.07, 6.45) is 1.17. The van der Waals surface area contributed by atoms with E-state index in [9.17, 15) is 4.79 Å². The first-order valence-electron chi connectivity index (χ1n) is 5.52. The van der Waals surface area contributed by atoms with Crippen molar-refractivity contribution in [3.63, 3.8) is 0 Å². The van der Waals surface area contributed by atoms with E-state index in [0.717, 1.165) is 30.5 Å². The summed E-state index contributed by atoms with van der Waals surface area (Å²) in [6, 6.07) is 0.0793. The van der Waals surface area contributed by atoms with Crippen LogP contribution in [0.1, 0.15) is 13.3 Å². The molecule has 0 aliphatic carbocycles. The van der Waals surface area contributed by atoms with Crippen molar-refractivity contribution in [2.45, 2.75) is 24.6 Å². The Balaban J connectivity index is 0.00000128. The minimum absolute atomic E-state index is 0. The second-order valence-electron chi connectivity index (χ2n) is 3.96. The minimum Gasteiger partial charge on any atom is -0.339 e. The lowest BCUT2D eigenvalue weighted by molar-refractivity contribution is -0.132. The largest absolute Gasteiger partial charge is 0.339 e. The summed E-state index contributed by atoms with van der Waals surface area (Å²) in [4.78, 5) is 14.2. The van der Waals surface area contributed by atoms with E-state index in [-0.39, 0.29) is 18.4 Å². The van der Waals surface area contributed by atoms with E-state index in [4.69, 9.17) is 0 Å². The number of amides is 1. The smallest absolute Gasteiger partial charge is 0.240 e. The maximum Gasteiger partial charge on any atom is 0.240 e. The highest BCUT2D eigenvalue weighted by Crippen LogP contribution is 2.22. The van der Waals surface area contributed by atoms with Gasteiger partial charge in [-0.05, 0) is 6.42 Å². The first-order chi connectivity index (χ1) is 7.31. The molecule has 6 heteroatoms. The van der Waals surface area contributed by atoms with Crippen LogP contribution < -0.4 is 5.32 Å². The second kappa shape index (κ2) is 6.99. The van der Waals surface area contributed by atoms with Crippen molar-refractivity contribution in [1.82, 2.24) is 10.2 Å². The van der Waals surface area contributed by atoms with Gasteiger partial charge in [0, 0.05) is 35.7 Å². The topological polar surface area (TPSA) is 32.3 Å². The molecule has 2 atom stereocenters. The third kappa shape index (κ3) is 3.45. The van der Waals surface area contributed by atoms with E-state index in [1.54, 1.807) is 0 Å². The molecule has 2 aliphatic heterocycles. The van der Waals surface area contributed by atoms with E-state index in [1.165, 1.54) is 6.42 Å². The highest BCUT2D eigenvalue weighted by molar-refractivity contribution is 8.00. The lowest BCUT2D eigenvalue weighted by Crippen LogP contribution is -2.49. The number of rotatable bonds is 2. The number of thioether (sulfide) groups is 2. The summed E-state index contributed by atoms with van der Waals surface area (Å²) >= 11 is 3.82. The molecule has 1 N–H and O–H groups in total. The Labute approximate surface area is 112 Å². The Bertz CT molecular complexity index is 237. The van der Waals surface area contributed by atoms with Gasteiger partial charge in [0.25, 0.3) is 0 Å². The van der Waals surface area contributed by atoms with E-state index in [0.29, 0.717) is 11.2 Å². The van der Waals surface area contributed by atoms with Gasteiger partial charge in [-0.1, -0.05) is 6.92 Å². The molecule has 0 bridgehead atoms. The highest BCUT2D eigenvalue weighted by atomic mass is 35.5. The third-order valence-electron chi connectivity index (χ3n) is 2.92. The predicted octanol–water partition coefficient (Wildman–Crippen LogP) is 1.42. The summed E-state index contributed by atoms with van der Waals surface area (Å²) < 4.78 is 0. The van der Waals surface area contributed by atoms with E-state index < -0.39 is 0 Å². The van der Waals surface area contributed by atoms with Crippen LogP contribution in [-0.4, -0.2) is 52.6 Å². The number of carbonyl (C=O) groups excluding carboxylic acids is 1. The van der Waals surface area contributed by atoms with Crippen LogP contribution in [0.15, 0.2) is 0 Å². The Morgan fingerprint density at radius 1 is 1.56 bits per heavy atom. The van der Waals surface area contributed by atoms with Gasteiger partial charge in [0.1, 0.15) is 0 Å². The second-order valence-corrected chi connectivity index (χ2v) is 6.40. The zero-order valence-electron chi connectivity index (χ0n) is 9.48. The number of halogens is 1. The van der Waals surface area contributed by atoms with Gasteiger partial charge in [0.05, 0.1) is 6.04 Å². The van der Waals surface area contributed by atoms with Crippen LogP contribution in [0.4, 0.5) is 0 Å². The molecule has 3 nitrogen and oxygen atoms in total. The molecule has 16 heavy (non-hydrogen) atoms. The van der Waals surface area contributed by atoms with Crippen LogP contribution in [0.25, 0.3) is 0 Å². The average Bonchev–Trinajstić information content (AvgIpc) is 2.81. The van der Waals surface area contributed by atoms with Crippen molar-refractivity contribution in [3.05, 3.63) is 0 Å². The fourth-order valence-corrected chi connectivity index (χ4v) is 4.05. The third-order valence-corrected chi connectivity index (χ3v) is 5.23. The molecule has 0 saturated carbocycles. The van der Waals surface area contributed by atoms with Crippen molar-refractivity contribution in [2.24, 2.45) is 0 Å². The zero-order valence-corrected chi connectivity index (χ0v) is 11.9. The van der Waals surface area contributed by atoms with Crippen LogP contribution >= 0.6 is 35.9 Å². The summed E-state index contributed by atoms with van der Waals surface area (Å²) in [5, 5.41) is 3.90. The first kappa shape index (κ1) is 14.5. The monoisotopic (exact) mass is 282 g/mol. The molecule has 1 unspecified atom stereocenters. The van der Waals surface area contributed by atoms with Crippen molar-refractivity contribution in [1.29, 1.82) is 0 Å². The SMILES string of the molecule is CCC1CN(C(=O)[C@H]2CSCN2)CCS1.Cl.